The average Bonchev–Trinajstić information content (AvgIpc) is 3.04. The van der Waals surface area contributed by atoms with Crippen LogP contribution in [0.1, 0.15) is 23.7 Å². The molecule has 2 atom stereocenters. The van der Waals surface area contributed by atoms with Gasteiger partial charge in [0.1, 0.15) is 5.82 Å². The second-order valence-electron chi connectivity index (χ2n) is 5.58. The number of carbonyl (C=O) groups is 1. The summed E-state index contributed by atoms with van der Waals surface area (Å²) in [5, 5.41) is 9.90. The number of aliphatic hydroxyl groups excluding tert-OH is 1. The number of hydrogen-bond donors (Lipinski definition) is 1. The van der Waals surface area contributed by atoms with Gasteiger partial charge in [0.2, 0.25) is 0 Å². The lowest BCUT2D eigenvalue weighted by Gasteiger charge is -2.34. The van der Waals surface area contributed by atoms with Gasteiger partial charge in [0.25, 0.3) is 5.91 Å². The van der Waals surface area contributed by atoms with Gasteiger partial charge in [-0.25, -0.2) is 4.98 Å². The first-order valence-corrected chi connectivity index (χ1v) is 7.22. The third kappa shape index (κ3) is 2.83. The maximum absolute atomic E-state index is 12.4. The van der Waals surface area contributed by atoms with E-state index in [1.165, 1.54) is 0 Å². The Morgan fingerprint density at radius 3 is 2.71 bits per heavy atom. The van der Waals surface area contributed by atoms with Crippen LogP contribution in [0.3, 0.4) is 0 Å². The molecule has 2 aromatic heterocycles. The van der Waals surface area contributed by atoms with Gasteiger partial charge in [0, 0.05) is 31.7 Å². The van der Waals surface area contributed by atoms with E-state index in [2.05, 4.69) is 4.98 Å². The molecular formula is C16H19N3O2. The number of pyridine rings is 1. The van der Waals surface area contributed by atoms with Gasteiger partial charge in [-0.2, -0.15) is 0 Å². The SMILES string of the molecule is CC1CCN(C(=O)c2ccc(-n3cccc3)nc2)CC1O. The molecule has 1 amide bonds. The molecule has 0 aromatic carbocycles. The Morgan fingerprint density at radius 1 is 1.33 bits per heavy atom. The summed E-state index contributed by atoms with van der Waals surface area (Å²) in [4.78, 5) is 18.4. The molecule has 0 radical (unpaired) electrons. The summed E-state index contributed by atoms with van der Waals surface area (Å²) in [7, 11) is 0. The van der Waals surface area contributed by atoms with Crippen LogP contribution in [0.5, 0.6) is 0 Å². The van der Waals surface area contributed by atoms with Crippen LogP contribution in [0, 0.1) is 5.92 Å². The molecule has 0 bridgehead atoms. The van der Waals surface area contributed by atoms with Crippen LogP contribution < -0.4 is 0 Å². The van der Waals surface area contributed by atoms with Crippen molar-refractivity contribution in [2.45, 2.75) is 19.4 Å². The zero-order chi connectivity index (χ0) is 14.8. The summed E-state index contributed by atoms with van der Waals surface area (Å²) in [5.41, 5.74) is 0.563. The van der Waals surface area contributed by atoms with Crippen LogP contribution in [0.15, 0.2) is 42.9 Å². The highest BCUT2D eigenvalue weighted by Crippen LogP contribution is 2.19. The van der Waals surface area contributed by atoms with Gasteiger partial charge in [0.05, 0.1) is 11.7 Å². The Bertz CT molecular complexity index is 607. The van der Waals surface area contributed by atoms with Crippen molar-refractivity contribution >= 4 is 5.91 Å². The number of nitrogens with zero attached hydrogens (tertiary/aromatic N) is 3. The van der Waals surface area contributed by atoms with E-state index in [9.17, 15) is 9.90 Å². The summed E-state index contributed by atoms with van der Waals surface area (Å²) < 4.78 is 1.89. The standard InChI is InChI=1S/C16H19N3O2/c1-12-6-9-19(11-14(12)20)16(21)13-4-5-15(17-10-13)18-7-2-3-8-18/h2-5,7-8,10,12,14,20H,6,9,11H2,1H3. The van der Waals surface area contributed by atoms with Crippen LogP contribution in [-0.4, -0.2) is 44.7 Å². The van der Waals surface area contributed by atoms with Crippen molar-refractivity contribution in [1.29, 1.82) is 0 Å². The molecule has 3 heterocycles. The molecule has 5 heteroatoms. The van der Waals surface area contributed by atoms with E-state index < -0.39 is 6.10 Å². The second-order valence-corrected chi connectivity index (χ2v) is 5.58. The quantitative estimate of drug-likeness (QED) is 0.914. The molecule has 1 aliphatic rings. The van der Waals surface area contributed by atoms with E-state index in [0.29, 0.717) is 18.7 Å². The first-order chi connectivity index (χ1) is 10.1. The summed E-state index contributed by atoms with van der Waals surface area (Å²) in [6.07, 6.45) is 5.82. The smallest absolute Gasteiger partial charge is 0.255 e. The summed E-state index contributed by atoms with van der Waals surface area (Å²) in [6, 6.07) is 7.47. The van der Waals surface area contributed by atoms with Crippen molar-refractivity contribution in [3.8, 4) is 5.82 Å². The normalized spacial score (nSPS) is 22.3. The number of hydrogen-bond acceptors (Lipinski definition) is 3. The maximum atomic E-state index is 12.4. The predicted molar refractivity (Wildman–Crippen MR) is 79.3 cm³/mol. The average molecular weight is 285 g/mol. The van der Waals surface area contributed by atoms with Crippen molar-refractivity contribution in [3.05, 3.63) is 48.4 Å². The van der Waals surface area contributed by atoms with E-state index in [-0.39, 0.29) is 11.8 Å². The zero-order valence-corrected chi connectivity index (χ0v) is 12.0. The van der Waals surface area contributed by atoms with Crippen molar-refractivity contribution in [1.82, 2.24) is 14.5 Å². The number of β-amino-alcohol motifs (C(OH)–C–C–N with tert-alkyl or cyclic N) is 1. The van der Waals surface area contributed by atoms with Gasteiger partial charge in [0.15, 0.2) is 0 Å². The fourth-order valence-electron chi connectivity index (χ4n) is 2.57. The highest BCUT2D eigenvalue weighted by molar-refractivity contribution is 5.94. The Labute approximate surface area is 123 Å². The van der Waals surface area contributed by atoms with Crippen LogP contribution >= 0.6 is 0 Å². The molecule has 1 N–H and O–H groups in total. The molecule has 3 rings (SSSR count). The Morgan fingerprint density at radius 2 is 2.10 bits per heavy atom. The lowest BCUT2D eigenvalue weighted by atomic mass is 9.95. The maximum Gasteiger partial charge on any atom is 0.255 e. The molecule has 110 valence electrons. The molecule has 2 unspecified atom stereocenters. The van der Waals surface area contributed by atoms with Crippen molar-refractivity contribution < 1.29 is 9.90 Å². The lowest BCUT2D eigenvalue weighted by molar-refractivity contribution is 0.0248. The number of aliphatic hydroxyl groups is 1. The van der Waals surface area contributed by atoms with Gasteiger partial charge in [-0.1, -0.05) is 6.92 Å². The van der Waals surface area contributed by atoms with Crippen LogP contribution in [-0.2, 0) is 0 Å². The largest absolute Gasteiger partial charge is 0.391 e. The number of piperidine rings is 1. The predicted octanol–water partition coefficient (Wildman–Crippen LogP) is 1.72. The van der Waals surface area contributed by atoms with Gasteiger partial charge >= 0.3 is 0 Å². The summed E-state index contributed by atoms with van der Waals surface area (Å²) >= 11 is 0. The third-order valence-electron chi connectivity index (χ3n) is 4.07. The molecular weight excluding hydrogens is 266 g/mol. The number of rotatable bonds is 2. The molecule has 0 saturated carbocycles. The first kappa shape index (κ1) is 13.8. The minimum Gasteiger partial charge on any atom is -0.391 e. The Hall–Kier alpha value is -2.14. The van der Waals surface area contributed by atoms with Gasteiger partial charge in [-0.3, -0.25) is 4.79 Å². The van der Waals surface area contributed by atoms with E-state index in [1.54, 1.807) is 17.2 Å². The van der Waals surface area contributed by atoms with Crippen LogP contribution in [0.2, 0.25) is 0 Å². The molecule has 1 fully saturated rings. The molecule has 5 nitrogen and oxygen atoms in total. The van der Waals surface area contributed by atoms with Crippen molar-refractivity contribution in [2.24, 2.45) is 5.92 Å². The Balaban J connectivity index is 1.73. The number of amides is 1. The first-order valence-electron chi connectivity index (χ1n) is 7.22. The molecule has 1 saturated heterocycles. The lowest BCUT2D eigenvalue weighted by Crippen LogP contribution is -2.45. The highest BCUT2D eigenvalue weighted by atomic mass is 16.3. The molecule has 0 aliphatic carbocycles. The van der Waals surface area contributed by atoms with Crippen molar-refractivity contribution in [3.63, 3.8) is 0 Å². The van der Waals surface area contributed by atoms with E-state index >= 15 is 0 Å². The molecule has 0 spiro atoms. The van der Waals surface area contributed by atoms with Crippen molar-refractivity contribution in [2.75, 3.05) is 13.1 Å². The van der Waals surface area contributed by atoms with Gasteiger partial charge in [-0.05, 0) is 36.6 Å². The topological polar surface area (TPSA) is 58.4 Å². The minimum atomic E-state index is -0.435. The monoisotopic (exact) mass is 285 g/mol. The number of carbonyl (C=O) groups excluding carboxylic acids is 1. The van der Waals surface area contributed by atoms with Crippen LogP contribution in [0.25, 0.3) is 5.82 Å². The highest BCUT2D eigenvalue weighted by Gasteiger charge is 2.27. The fraction of sp³-hybridized carbons (Fsp3) is 0.375. The Kier molecular flexibility index (Phi) is 3.75. The van der Waals surface area contributed by atoms with E-state index in [4.69, 9.17) is 0 Å². The van der Waals surface area contributed by atoms with E-state index in [0.717, 1.165) is 12.2 Å². The molecule has 2 aromatic rings. The van der Waals surface area contributed by atoms with Gasteiger partial charge < -0.3 is 14.6 Å². The molecule has 21 heavy (non-hydrogen) atoms. The second kappa shape index (κ2) is 5.69. The summed E-state index contributed by atoms with van der Waals surface area (Å²) in [5.74, 6) is 0.972. The number of likely N-dealkylation sites (tertiary alicyclic amines) is 1. The summed E-state index contributed by atoms with van der Waals surface area (Å²) in [6.45, 7) is 3.11. The number of aromatic nitrogens is 2. The zero-order valence-electron chi connectivity index (χ0n) is 12.0. The molecule has 1 aliphatic heterocycles. The minimum absolute atomic E-state index is 0.0625. The third-order valence-corrected chi connectivity index (χ3v) is 4.07. The fourth-order valence-corrected chi connectivity index (χ4v) is 2.57. The van der Waals surface area contributed by atoms with E-state index in [1.807, 2.05) is 42.1 Å². The van der Waals surface area contributed by atoms with Crippen LogP contribution in [0.4, 0.5) is 0 Å². The van der Waals surface area contributed by atoms with Gasteiger partial charge in [-0.15, -0.1) is 0 Å².